The lowest BCUT2D eigenvalue weighted by atomic mass is 10.2. The fraction of sp³-hybridized carbons (Fsp3) is 0.333. The van der Waals surface area contributed by atoms with Gasteiger partial charge in [0.05, 0.1) is 18.0 Å². The Morgan fingerprint density at radius 3 is 3.06 bits per heavy atom. The van der Waals surface area contributed by atoms with Gasteiger partial charge in [0.25, 0.3) is 0 Å². The summed E-state index contributed by atoms with van der Waals surface area (Å²) >= 11 is 7.37. The van der Waals surface area contributed by atoms with Gasteiger partial charge < -0.3 is 4.74 Å². The number of ether oxygens (including phenoxy) is 1. The summed E-state index contributed by atoms with van der Waals surface area (Å²) in [5.41, 5.74) is 0.678. The van der Waals surface area contributed by atoms with Gasteiger partial charge in [-0.1, -0.05) is 11.6 Å². The van der Waals surface area contributed by atoms with Crippen LogP contribution in [0.2, 0.25) is 5.02 Å². The van der Waals surface area contributed by atoms with Crippen LogP contribution in [0.5, 0.6) is 0 Å². The van der Waals surface area contributed by atoms with Crippen molar-refractivity contribution in [3.05, 3.63) is 23.2 Å². The van der Waals surface area contributed by atoms with Crippen LogP contribution in [0, 0.1) is 0 Å². The predicted molar refractivity (Wildman–Crippen MR) is 71.2 cm³/mol. The maximum Gasteiger partial charge on any atom is 0.326 e. The third kappa shape index (κ3) is 2.79. The van der Waals surface area contributed by atoms with Crippen LogP contribution in [0.15, 0.2) is 23.1 Å². The van der Waals surface area contributed by atoms with Gasteiger partial charge in [0, 0.05) is 9.92 Å². The molecule has 0 spiro atoms. The van der Waals surface area contributed by atoms with E-state index in [9.17, 15) is 9.59 Å². The Morgan fingerprint density at radius 2 is 2.33 bits per heavy atom. The highest BCUT2D eigenvalue weighted by atomic mass is 35.5. The summed E-state index contributed by atoms with van der Waals surface area (Å²) < 4.78 is 4.87. The average Bonchev–Trinajstić information content (AvgIpc) is 2.33. The molecule has 2 rings (SSSR count). The van der Waals surface area contributed by atoms with E-state index in [1.807, 2.05) is 6.07 Å². The van der Waals surface area contributed by atoms with E-state index >= 15 is 0 Å². The first-order valence-corrected chi connectivity index (χ1v) is 6.86. The fourth-order valence-electron chi connectivity index (χ4n) is 1.68. The van der Waals surface area contributed by atoms with Crippen molar-refractivity contribution in [2.75, 3.05) is 23.8 Å². The molecule has 6 heteroatoms. The first-order chi connectivity index (χ1) is 8.61. The molecule has 0 unspecified atom stereocenters. The topological polar surface area (TPSA) is 46.6 Å². The molecule has 0 atom stereocenters. The molecule has 1 aromatic carbocycles. The van der Waals surface area contributed by atoms with Crippen LogP contribution in [0.1, 0.15) is 6.92 Å². The van der Waals surface area contributed by atoms with Crippen LogP contribution in [0.25, 0.3) is 0 Å². The minimum absolute atomic E-state index is 0.0689. The lowest BCUT2D eigenvalue weighted by Gasteiger charge is -2.28. The predicted octanol–water partition coefficient (Wildman–Crippen LogP) is 2.34. The number of benzene rings is 1. The summed E-state index contributed by atoms with van der Waals surface area (Å²) in [7, 11) is 0. The van der Waals surface area contributed by atoms with E-state index in [1.165, 1.54) is 16.7 Å². The van der Waals surface area contributed by atoms with Crippen LogP contribution >= 0.6 is 23.4 Å². The number of hydrogen-bond acceptors (Lipinski definition) is 4. The molecule has 0 N–H and O–H groups in total. The summed E-state index contributed by atoms with van der Waals surface area (Å²) in [6.45, 7) is 1.97. The molecule has 4 nitrogen and oxygen atoms in total. The molecular formula is C12H12ClNO3S. The zero-order chi connectivity index (χ0) is 13.1. The van der Waals surface area contributed by atoms with E-state index in [4.69, 9.17) is 16.3 Å². The minimum atomic E-state index is -0.413. The molecule has 0 aliphatic carbocycles. The van der Waals surface area contributed by atoms with Gasteiger partial charge in [0.1, 0.15) is 6.54 Å². The Bertz CT molecular complexity index is 492. The largest absolute Gasteiger partial charge is 0.465 e. The lowest BCUT2D eigenvalue weighted by Crippen LogP contribution is -2.39. The number of amides is 1. The van der Waals surface area contributed by atoms with Crippen molar-refractivity contribution in [2.24, 2.45) is 0 Å². The maximum atomic E-state index is 11.9. The Balaban J connectivity index is 2.27. The van der Waals surface area contributed by atoms with Crippen LogP contribution in [-0.4, -0.2) is 30.8 Å². The minimum Gasteiger partial charge on any atom is -0.465 e. The highest BCUT2D eigenvalue weighted by Gasteiger charge is 2.27. The second-order valence-electron chi connectivity index (χ2n) is 3.69. The number of anilines is 1. The van der Waals surface area contributed by atoms with Crippen molar-refractivity contribution in [3.8, 4) is 0 Å². The van der Waals surface area contributed by atoms with E-state index in [-0.39, 0.29) is 12.5 Å². The fourth-order valence-corrected chi connectivity index (χ4v) is 2.77. The van der Waals surface area contributed by atoms with Gasteiger partial charge in [0.2, 0.25) is 5.91 Å². The second kappa shape index (κ2) is 5.63. The number of hydrogen-bond donors (Lipinski definition) is 0. The molecule has 1 aliphatic heterocycles. The van der Waals surface area contributed by atoms with Gasteiger partial charge in [-0.25, -0.2) is 0 Å². The van der Waals surface area contributed by atoms with Gasteiger partial charge in [-0.2, -0.15) is 0 Å². The summed E-state index contributed by atoms with van der Waals surface area (Å²) in [5.74, 6) is -0.194. The molecule has 0 saturated carbocycles. The van der Waals surface area contributed by atoms with Gasteiger partial charge in [0.15, 0.2) is 0 Å². The standard InChI is InChI=1S/C12H12ClNO3S/c1-2-17-12(16)6-14-9-5-8(13)3-4-10(9)18-7-11(14)15/h3-5H,2,6-7H2,1H3. The molecule has 1 heterocycles. The van der Waals surface area contributed by atoms with Crippen molar-refractivity contribution in [1.82, 2.24) is 0 Å². The number of halogens is 1. The number of carbonyl (C=O) groups excluding carboxylic acids is 2. The first kappa shape index (κ1) is 13.2. The van der Waals surface area contributed by atoms with Gasteiger partial charge in [-0.05, 0) is 25.1 Å². The Hall–Kier alpha value is -1.20. The Kier molecular flexibility index (Phi) is 4.14. The lowest BCUT2D eigenvalue weighted by molar-refractivity contribution is -0.142. The maximum absolute atomic E-state index is 11.9. The van der Waals surface area contributed by atoms with Crippen LogP contribution in [0.4, 0.5) is 5.69 Å². The smallest absolute Gasteiger partial charge is 0.326 e. The van der Waals surface area contributed by atoms with Crippen molar-refractivity contribution in [2.45, 2.75) is 11.8 Å². The highest BCUT2D eigenvalue weighted by Crippen LogP contribution is 2.36. The SMILES string of the molecule is CCOC(=O)CN1C(=O)CSc2ccc(Cl)cc21. The second-order valence-corrected chi connectivity index (χ2v) is 5.14. The molecule has 0 radical (unpaired) electrons. The van der Waals surface area contributed by atoms with Gasteiger partial charge >= 0.3 is 5.97 Å². The molecule has 1 aliphatic rings. The van der Waals surface area contributed by atoms with E-state index in [1.54, 1.807) is 19.1 Å². The average molecular weight is 286 g/mol. The van der Waals surface area contributed by atoms with Crippen LogP contribution in [0.3, 0.4) is 0 Å². The van der Waals surface area contributed by atoms with Crippen molar-refractivity contribution in [1.29, 1.82) is 0 Å². The quantitative estimate of drug-likeness (QED) is 0.800. The van der Waals surface area contributed by atoms with Crippen LogP contribution in [-0.2, 0) is 14.3 Å². The van der Waals surface area contributed by atoms with Crippen molar-refractivity contribution >= 4 is 40.9 Å². The molecule has 18 heavy (non-hydrogen) atoms. The Morgan fingerprint density at radius 1 is 1.56 bits per heavy atom. The molecular weight excluding hydrogens is 274 g/mol. The number of rotatable bonds is 3. The molecule has 1 aromatic rings. The van der Waals surface area contributed by atoms with Crippen LogP contribution < -0.4 is 4.90 Å². The molecule has 1 amide bonds. The summed E-state index contributed by atoms with van der Waals surface area (Å²) in [6.07, 6.45) is 0. The van der Waals surface area contributed by atoms with Gasteiger partial charge in [-0.15, -0.1) is 11.8 Å². The molecule has 0 bridgehead atoms. The first-order valence-electron chi connectivity index (χ1n) is 5.50. The molecule has 0 fully saturated rings. The third-order valence-electron chi connectivity index (χ3n) is 2.46. The van der Waals surface area contributed by atoms with Crippen molar-refractivity contribution in [3.63, 3.8) is 0 Å². The third-order valence-corrected chi connectivity index (χ3v) is 3.74. The number of thioether (sulfide) groups is 1. The van der Waals surface area contributed by atoms with E-state index in [2.05, 4.69) is 0 Å². The number of fused-ring (bicyclic) bond motifs is 1. The number of esters is 1. The molecule has 0 aromatic heterocycles. The number of nitrogens with zero attached hydrogens (tertiary/aromatic N) is 1. The zero-order valence-corrected chi connectivity index (χ0v) is 11.4. The molecule has 0 saturated heterocycles. The highest BCUT2D eigenvalue weighted by molar-refractivity contribution is 8.00. The summed E-state index contributed by atoms with van der Waals surface area (Å²) in [4.78, 5) is 25.7. The van der Waals surface area contributed by atoms with Gasteiger partial charge in [-0.3, -0.25) is 14.5 Å². The zero-order valence-electron chi connectivity index (χ0n) is 9.81. The van der Waals surface area contributed by atoms with E-state index in [0.29, 0.717) is 23.1 Å². The Labute approximate surface area is 114 Å². The number of carbonyl (C=O) groups is 2. The molecule has 96 valence electrons. The monoisotopic (exact) mass is 285 g/mol. The van der Waals surface area contributed by atoms with Crippen molar-refractivity contribution < 1.29 is 14.3 Å². The summed E-state index contributed by atoms with van der Waals surface area (Å²) in [6, 6.07) is 5.32. The van der Waals surface area contributed by atoms with E-state index in [0.717, 1.165) is 4.90 Å². The van der Waals surface area contributed by atoms with E-state index < -0.39 is 5.97 Å². The normalized spacial score (nSPS) is 14.3. The summed E-state index contributed by atoms with van der Waals surface area (Å²) in [5, 5.41) is 0.540.